The quantitative estimate of drug-likeness (QED) is 0.644. The van der Waals surface area contributed by atoms with E-state index < -0.39 is 6.04 Å². The van der Waals surface area contributed by atoms with E-state index in [0.29, 0.717) is 17.7 Å². The molecule has 0 saturated carbocycles. The summed E-state index contributed by atoms with van der Waals surface area (Å²) in [6, 6.07) is 13.8. The van der Waals surface area contributed by atoms with Crippen LogP contribution >= 0.6 is 0 Å². The predicted octanol–water partition coefficient (Wildman–Crippen LogP) is 2.75. The van der Waals surface area contributed by atoms with Crippen molar-refractivity contribution in [3.63, 3.8) is 0 Å². The number of hydrogen-bond donors (Lipinski definition) is 2. The standard InChI is InChI=1S/C21H24N6O2/c1-14(2)11-19(24-20(28)18-10-5-4-7-15(18)3)21(29)23-16-8-6-9-17(12-16)27-13-22-25-26-27/h4-10,12-14,19H,11H2,1-3H3,(H,23,29)(H,24,28). The third kappa shape index (κ3) is 5.25. The Kier molecular flexibility index (Phi) is 6.33. The first-order chi connectivity index (χ1) is 13.9. The zero-order chi connectivity index (χ0) is 20.8. The lowest BCUT2D eigenvalue weighted by Crippen LogP contribution is -2.44. The van der Waals surface area contributed by atoms with Gasteiger partial charge in [-0.3, -0.25) is 9.59 Å². The van der Waals surface area contributed by atoms with Crippen molar-refractivity contribution in [1.82, 2.24) is 25.5 Å². The molecule has 1 unspecified atom stereocenters. The number of anilines is 1. The van der Waals surface area contributed by atoms with E-state index in [2.05, 4.69) is 26.2 Å². The highest BCUT2D eigenvalue weighted by atomic mass is 16.2. The van der Waals surface area contributed by atoms with Crippen LogP contribution in [0.2, 0.25) is 0 Å². The van der Waals surface area contributed by atoms with Gasteiger partial charge in [-0.15, -0.1) is 5.10 Å². The van der Waals surface area contributed by atoms with Gasteiger partial charge in [0, 0.05) is 11.3 Å². The van der Waals surface area contributed by atoms with Crippen molar-refractivity contribution in [2.75, 3.05) is 5.32 Å². The molecule has 8 nitrogen and oxygen atoms in total. The van der Waals surface area contributed by atoms with Crippen molar-refractivity contribution < 1.29 is 9.59 Å². The van der Waals surface area contributed by atoms with Crippen molar-refractivity contribution in [2.24, 2.45) is 5.92 Å². The number of nitrogens with zero attached hydrogens (tertiary/aromatic N) is 4. The molecule has 1 heterocycles. The van der Waals surface area contributed by atoms with Gasteiger partial charge >= 0.3 is 0 Å². The minimum absolute atomic E-state index is 0.232. The van der Waals surface area contributed by atoms with Crippen molar-refractivity contribution >= 4 is 17.5 Å². The first-order valence-corrected chi connectivity index (χ1v) is 9.45. The first kappa shape index (κ1) is 20.2. The molecule has 8 heteroatoms. The molecular weight excluding hydrogens is 368 g/mol. The van der Waals surface area contributed by atoms with Crippen LogP contribution in [0.25, 0.3) is 5.69 Å². The topological polar surface area (TPSA) is 102 Å². The van der Waals surface area contributed by atoms with E-state index in [1.807, 2.05) is 45.0 Å². The fourth-order valence-corrected chi connectivity index (χ4v) is 3.00. The highest BCUT2D eigenvalue weighted by Crippen LogP contribution is 2.16. The Balaban J connectivity index is 1.75. The summed E-state index contributed by atoms with van der Waals surface area (Å²) in [5.41, 5.74) is 2.75. The molecule has 3 rings (SSSR count). The molecule has 2 aromatic carbocycles. The van der Waals surface area contributed by atoms with E-state index in [4.69, 9.17) is 0 Å². The van der Waals surface area contributed by atoms with Crippen LogP contribution in [0.4, 0.5) is 5.69 Å². The molecule has 0 saturated heterocycles. The summed E-state index contributed by atoms with van der Waals surface area (Å²) in [6.45, 7) is 5.90. The number of aromatic nitrogens is 4. The van der Waals surface area contributed by atoms with Crippen LogP contribution in [-0.2, 0) is 4.79 Å². The summed E-state index contributed by atoms with van der Waals surface area (Å²) >= 11 is 0. The Morgan fingerprint density at radius 3 is 2.59 bits per heavy atom. The number of benzene rings is 2. The van der Waals surface area contributed by atoms with Gasteiger partial charge in [0.05, 0.1) is 5.69 Å². The average molecular weight is 392 g/mol. The number of rotatable bonds is 7. The van der Waals surface area contributed by atoms with Gasteiger partial charge in [-0.2, -0.15) is 0 Å². The van der Waals surface area contributed by atoms with Gasteiger partial charge in [-0.05, 0) is 59.5 Å². The van der Waals surface area contributed by atoms with E-state index in [0.717, 1.165) is 11.3 Å². The smallest absolute Gasteiger partial charge is 0.252 e. The molecule has 0 aliphatic heterocycles. The van der Waals surface area contributed by atoms with Crippen molar-refractivity contribution in [3.05, 3.63) is 66.0 Å². The molecule has 0 fully saturated rings. The highest BCUT2D eigenvalue weighted by Gasteiger charge is 2.23. The van der Waals surface area contributed by atoms with Crippen LogP contribution in [-0.4, -0.2) is 38.1 Å². The molecule has 0 radical (unpaired) electrons. The zero-order valence-electron chi connectivity index (χ0n) is 16.7. The van der Waals surface area contributed by atoms with Crippen LogP contribution < -0.4 is 10.6 Å². The summed E-state index contributed by atoms with van der Waals surface area (Å²) in [5, 5.41) is 16.8. The molecular formula is C21H24N6O2. The SMILES string of the molecule is Cc1ccccc1C(=O)NC(CC(C)C)C(=O)Nc1cccc(-n2cnnn2)c1. The zero-order valence-corrected chi connectivity index (χ0v) is 16.7. The number of aryl methyl sites for hydroxylation is 1. The average Bonchev–Trinajstić information content (AvgIpc) is 3.22. The molecule has 0 bridgehead atoms. The predicted molar refractivity (Wildman–Crippen MR) is 110 cm³/mol. The number of tetrazole rings is 1. The van der Waals surface area contributed by atoms with E-state index in [9.17, 15) is 9.59 Å². The van der Waals surface area contributed by atoms with Crippen LogP contribution in [0.1, 0.15) is 36.2 Å². The Bertz CT molecular complexity index is 984. The third-order valence-corrected chi connectivity index (χ3v) is 4.45. The fraction of sp³-hybridized carbons (Fsp3) is 0.286. The van der Waals surface area contributed by atoms with Crippen molar-refractivity contribution in [3.8, 4) is 5.69 Å². The fourth-order valence-electron chi connectivity index (χ4n) is 3.00. The summed E-state index contributed by atoms with van der Waals surface area (Å²) in [6.07, 6.45) is 2.00. The minimum atomic E-state index is -0.654. The molecule has 1 atom stereocenters. The maximum absolute atomic E-state index is 12.9. The second-order valence-corrected chi connectivity index (χ2v) is 7.26. The first-order valence-electron chi connectivity index (χ1n) is 9.45. The Hall–Kier alpha value is -3.55. The van der Waals surface area contributed by atoms with Crippen molar-refractivity contribution in [1.29, 1.82) is 0 Å². The Morgan fingerprint density at radius 2 is 1.90 bits per heavy atom. The summed E-state index contributed by atoms with van der Waals surface area (Å²) in [5.74, 6) is -0.295. The molecule has 1 aromatic heterocycles. The second kappa shape index (κ2) is 9.09. The largest absolute Gasteiger partial charge is 0.340 e. The van der Waals surface area contributed by atoms with E-state index in [1.54, 1.807) is 24.3 Å². The summed E-state index contributed by atoms with van der Waals surface area (Å²) in [7, 11) is 0. The van der Waals surface area contributed by atoms with E-state index in [-0.39, 0.29) is 17.7 Å². The number of carbonyl (C=O) groups is 2. The molecule has 0 aliphatic rings. The van der Waals surface area contributed by atoms with Crippen LogP contribution in [0, 0.1) is 12.8 Å². The molecule has 0 spiro atoms. The van der Waals surface area contributed by atoms with Crippen LogP contribution in [0.3, 0.4) is 0 Å². The number of nitrogens with one attached hydrogen (secondary N) is 2. The van der Waals surface area contributed by atoms with Crippen LogP contribution in [0.15, 0.2) is 54.9 Å². The Labute approximate surface area is 169 Å². The molecule has 2 amide bonds. The van der Waals surface area contributed by atoms with E-state index >= 15 is 0 Å². The molecule has 3 aromatic rings. The second-order valence-electron chi connectivity index (χ2n) is 7.26. The van der Waals surface area contributed by atoms with E-state index in [1.165, 1.54) is 11.0 Å². The van der Waals surface area contributed by atoms with Gasteiger partial charge in [-0.1, -0.05) is 38.1 Å². The number of carbonyl (C=O) groups excluding carboxylic acids is 2. The molecule has 150 valence electrons. The van der Waals surface area contributed by atoms with Gasteiger partial charge < -0.3 is 10.6 Å². The van der Waals surface area contributed by atoms with Gasteiger partial charge in [-0.25, -0.2) is 4.68 Å². The van der Waals surface area contributed by atoms with Gasteiger partial charge in [0.25, 0.3) is 5.91 Å². The lowest BCUT2D eigenvalue weighted by Gasteiger charge is -2.21. The number of amides is 2. The molecule has 0 aliphatic carbocycles. The lowest BCUT2D eigenvalue weighted by atomic mass is 10.0. The molecule has 2 N–H and O–H groups in total. The molecule has 29 heavy (non-hydrogen) atoms. The highest BCUT2D eigenvalue weighted by molar-refractivity contribution is 6.01. The Morgan fingerprint density at radius 1 is 1.10 bits per heavy atom. The normalized spacial score (nSPS) is 11.9. The minimum Gasteiger partial charge on any atom is -0.340 e. The summed E-state index contributed by atoms with van der Waals surface area (Å²) in [4.78, 5) is 25.6. The number of hydrogen-bond acceptors (Lipinski definition) is 5. The lowest BCUT2D eigenvalue weighted by molar-refractivity contribution is -0.118. The van der Waals surface area contributed by atoms with Gasteiger partial charge in [0.15, 0.2) is 0 Å². The van der Waals surface area contributed by atoms with Crippen LogP contribution in [0.5, 0.6) is 0 Å². The van der Waals surface area contributed by atoms with Crippen molar-refractivity contribution in [2.45, 2.75) is 33.2 Å². The maximum atomic E-state index is 12.9. The maximum Gasteiger partial charge on any atom is 0.252 e. The monoisotopic (exact) mass is 392 g/mol. The van der Waals surface area contributed by atoms with Gasteiger partial charge in [0.1, 0.15) is 12.4 Å². The third-order valence-electron chi connectivity index (χ3n) is 4.45. The summed E-state index contributed by atoms with van der Waals surface area (Å²) < 4.78 is 1.50. The van der Waals surface area contributed by atoms with Gasteiger partial charge in [0.2, 0.25) is 5.91 Å².